The molecule has 7 nitrogen and oxygen atoms in total. The number of hydrogen-bond donors (Lipinski definition) is 2. The highest BCUT2D eigenvalue weighted by Crippen LogP contribution is 2.39. The number of fused-ring (bicyclic) bond motifs is 1. The molecule has 1 aromatic carbocycles. The molecule has 2 N–H and O–H groups in total. The van der Waals surface area contributed by atoms with Crippen molar-refractivity contribution in [1.82, 2.24) is 14.4 Å². The Labute approximate surface area is 199 Å². The Morgan fingerprint density at radius 1 is 1.06 bits per heavy atom. The lowest BCUT2D eigenvalue weighted by atomic mass is 10.1. The highest BCUT2D eigenvalue weighted by molar-refractivity contribution is 6.30. The van der Waals surface area contributed by atoms with E-state index in [-0.39, 0.29) is 21.5 Å². The number of halogens is 5. The quantitative estimate of drug-likeness (QED) is 0.346. The Morgan fingerprint density at radius 2 is 1.76 bits per heavy atom. The van der Waals surface area contributed by atoms with Crippen LogP contribution in [0.2, 0.25) is 10.2 Å². The number of benzene rings is 1. The molecule has 0 bridgehead atoms. The Morgan fingerprint density at radius 3 is 2.41 bits per heavy atom. The van der Waals surface area contributed by atoms with Gasteiger partial charge in [-0.15, -0.1) is 0 Å². The number of carboxylic acid groups (broad SMARTS) is 1. The van der Waals surface area contributed by atoms with Crippen LogP contribution >= 0.6 is 23.2 Å². The number of aromatic nitrogens is 3. The molecule has 1 atom stereocenters. The summed E-state index contributed by atoms with van der Waals surface area (Å²) in [6.07, 6.45) is -3.79. The molecule has 0 aliphatic rings. The molecule has 0 spiro atoms. The lowest BCUT2D eigenvalue weighted by molar-refractivity contribution is -0.143. The van der Waals surface area contributed by atoms with Gasteiger partial charge in [0.25, 0.3) is 5.56 Å². The first-order valence-corrected chi connectivity index (χ1v) is 10.3. The maximum absolute atomic E-state index is 14.3. The van der Waals surface area contributed by atoms with Gasteiger partial charge in [-0.2, -0.15) is 13.2 Å². The Kier molecular flexibility index (Phi) is 6.20. The Bertz CT molecular complexity index is 1460. The van der Waals surface area contributed by atoms with Gasteiger partial charge in [-0.1, -0.05) is 53.5 Å². The number of carbonyl (C=O) groups is 1. The summed E-state index contributed by atoms with van der Waals surface area (Å²) in [5.41, 5.74) is -1.88. The fourth-order valence-corrected chi connectivity index (χ4v) is 3.73. The number of nitrogens with one attached hydrogen (secondary N) is 1. The number of nitrogens with zero attached hydrogens (tertiary/aromatic N) is 3. The van der Waals surface area contributed by atoms with Crippen molar-refractivity contribution in [2.45, 2.75) is 12.2 Å². The van der Waals surface area contributed by atoms with Crippen LogP contribution in [0.4, 0.5) is 18.9 Å². The number of rotatable bonds is 5. The average Bonchev–Trinajstić information content (AvgIpc) is 2.78. The summed E-state index contributed by atoms with van der Waals surface area (Å²) in [5, 5.41) is 11.2. The van der Waals surface area contributed by atoms with Crippen LogP contribution in [0.3, 0.4) is 0 Å². The summed E-state index contributed by atoms with van der Waals surface area (Å²) in [4.78, 5) is 32.2. The number of alkyl halides is 3. The van der Waals surface area contributed by atoms with E-state index >= 15 is 0 Å². The van der Waals surface area contributed by atoms with Crippen molar-refractivity contribution in [2.75, 3.05) is 5.32 Å². The van der Waals surface area contributed by atoms with Crippen LogP contribution in [0.5, 0.6) is 0 Å². The number of hydrogen-bond acceptors (Lipinski definition) is 5. The van der Waals surface area contributed by atoms with E-state index in [1.54, 1.807) is 30.3 Å². The molecule has 0 aliphatic carbocycles. The summed E-state index contributed by atoms with van der Waals surface area (Å²) in [6, 6.07) is 10.4. The highest BCUT2D eigenvalue weighted by atomic mass is 35.5. The van der Waals surface area contributed by atoms with Crippen molar-refractivity contribution in [1.29, 1.82) is 0 Å². The highest BCUT2D eigenvalue weighted by Gasteiger charge is 2.43. The third-order valence-electron chi connectivity index (χ3n) is 4.83. The zero-order valence-electron chi connectivity index (χ0n) is 16.8. The fraction of sp³-hybridized carbons (Fsp3) is 0.0909. The third-order valence-corrected chi connectivity index (χ3v) is 5.24. The molecule has 0 saturated heterocycles. The van der Waals surface area contributed by atoms with E-state index < -0.39 is 40.7 Å². The van der Waals surface area contributed by atoms with Gasteiger partial charge >= 0.3 is 12.1 Å². The molecule has 34 heavy (non-hydrogen) atoms. The van der Waals surface area contributed by atoms with Gasteiger partial charge in [0.1, 0.15) is 10.8 Å². The molecular weight excluding hydrogens is 496 g/mol. The predicted octanol–water partition coefficient (Wildman–Crippen LogP) is 5.48. The summed E-state index contributed by atoms with van der Waals surface area (Å²) >= 11 is 11.8. The van der Waals surface area contributed by atoms with Crippen LogP contribution in [-0.4, -0.2) is 31.6 Å². The van der Waals surface area contributed by atoms with Crippen LogP contribution < -0.4 is 10.9 Å². The molecule has 3 aromatic heterocycles. The minimum Gasteiger partial charge on any atom is -0.476 e. The van der Waals surface area contributed by atoms with Gasteiger partial charge in [0.05, 0.1) is 16.4 Å². The summed E-state index contributed by atoms with van der Waals surface area (Å²) < 4.78 is 43.7. The molecule has 12 heteroatoms. The first kappa shape index (κ1) is 23.5. The van der Waals surface area contributed by atoms with Crippen molar-refractivity contribution < 1.29 is 23.1 Å². The van der Waals surface area contributed by atoms with Crippen molar-refractivity contribution >= 4 is 40.5 Å². The largest absolute Gasteiger partial charge is 0.476 e. The van der Waals surface area contributed by atoms with Gasteiger partial charge in [0.15, 0.2) is 11.7 Å². The first-order chi connectivity index (χ1) is 16.0. The number of carboxylic acids is 1. The molecular formula is C22H13Cl2F3N4O3. The predicted molar refractivity (Wildman–Crippen MR) is 121 cm³/mol. The number of aromatic carboxylic acids is 1. The SMILES string of the molecule is O=C(O)c1nc(Cl)ccc1N[C@@H](c1cc(Cl)cn2c(=O)cc(-c3ccccc3)nc12)C(F)(F)F. The maximum atomic E-state index is 14.3. The van der Waals surface area contributed by atoms with Gasteiger partial charge in [-0.3, -0.25) is 9.20 Å². The Balaban J connectivity index is 1.96. The lowest BCUT2D eigenvalue weighted by Gasteiger charge is -2.25. The molecule has 174 valence electrons. The van der Waals surface area contributed by atoms with E-state index in [1.807, 2.05) is 0 Å². The van der Waals surface area contributed by atoms with Gasteiger partial charge in [-0.05, 0) is 18.2 Å². The summed E-state index contributed by atoms with van der Waals surface area (Å²) in [6.45, 7) is 0. The molecule has 0 aliphatic heterocycles. The second-order valence-electron chi connectivity index (χ2n) is 7.11. The molecule has 0 amide bonds. The smallest absolute Gasteiger partial charge is 0.412 e. The van der Waals surface area contributed by atoms with Crippen LogP contribution in [0.15, 0.2) is 65.6 Å². The van der Waals surface area contributed by atoms with Crippen molar-refractivity contribution in [3.8, 4) is 11.3 Å². The zero-order valence-corrected chi connectivity index (χ0v) is 18.4. The van der Waals surface area contributed by atoms with E-state index in [2.05, 4.69) is 15.3 Å². The van der Waals surface area contributed by atoms with Gasteiger partial charge in [-0.25, -0.2) is 14.8 Å². The number of anilines is 1. The van der Waals surface area contributed by atoms with Crippen LogP contribution in [0, 0.1) is 0 Å². The van der Waals surface area contributed by atoms with E-state index in [0.717, 1.165) is 28.8 Å². The van der Waals surface area contributed by atoms with Gasteiger partial charge in [0, 0.05) is 23.4 Å². The monoisotopic (exact) mass is 508 g/mol. The van der Waals surface area contributed by atoms with Crippen molar-refractivity contribution in [3.63, 3.8) is 0 Å². The molecule has 4 aromatic rings. The van der Waals surface area contributed by atoms with Crippen LogP contribution in [-0.2, 0) is 0 Å². The van der Waals surface area contributed by atoms with Crippen LogP contribution in [0.25, 0.3) is 16.9 Å². The summed E-state index contributed by atoms with van der Waals surface area (Å²) in [5.74, 6) is -1.58. The first-order valence-electron chi connectivity index (χ1n) is 9.56. The molecule has 4 rings (SSSR count). The third kappa shape index (κ3) is 4.68. The van der Waals surface area contributed by atoms with Crippen LogP contribution in [0.1, 0.15) is 22.1 Å². The van der Waals surface area contributed by atoms with Gasteiger partial charge < -0.3 is 10.4 Å². The standard InChI is InChI=1S/C22H13Cl2F3N4O3/c23-12-8-13(19(22(25,26)27)28-14-6-7-16(24)30-18(14)21(33)34)20-29-15(9-17(32)31(20)10-12)11-4-2-1-3-5-11/h1-10,19,28H,(H,33,34)/t19-/m0/s1. The lowest BCUT2D eigenvalue weighted by Crippen LogP contribution is -2.30. The van der Waals surface area contributed by atoms with Crippen molar-refractivity contribution in [2.24, 2.45) is 0 Å². The molecule has 0 fully saturated rings. The number of pyridine rings is 2. The maximum Gasteiger partial charge on any atom is 0.412 e. The molecule has 0 radical (unpaired) electrons. The normalized spacial score (nSPS) is 12.5. The van der Waals surface area contributed by atoms with E-state index in [4.69, 9.17) is 23.2 Å². The Hall–Kier alpha value is -3.63. The second-order valence-corrected chi connectivity index (χ2v) is 7.93. The molecule has 0 unspecified atom stereocenters. The topological polar surface area (TPSA) is 96.6 Å². The molecule has 0 saturated carbocycles. The minimum absolute atomic E-state index is 0.150. The van der Waals surface area contributed by atoms with E-state index in [0.29, 0.717) is 5.56 Å². The zero-order chi connectivity index (χ0) is 24.6. The van der Waals surface area contributed by atoms with Gasteiger partial charge in [0.2, 0.25) is 0 Å². The van der Waals surface area contributed by atoms with E-state index in [1.165, 1.54) is 6.07 Å². The summed E-state index contributed by atoms with van der Waals surface area (Å²) in [7, 11) is 0. The van der Waals surface area contributed by atoms with Crippen molar-refractivity contribution in [3.05, 3.63) is 92.6 Å². The molecule has 3 heterocycles. The minimum atomic E-state index is -4.94. The average molecular weight is 509 g/mol. The van der Waals surface area contributed by atoms with E-state index in [9.17, 15) is 27.9 Å². The fourth-order valence-electron chi connectivity index (χ4n) is 3.37. The second kappa shape index (κ2) is 8.96.